The fourth-order valence-corrected chi connectivity index (χ4v) is 2.13. The standard InChI is InChI=1S/C17H19NO6/c19-10-15-13(7-9-23-15)16(21)14(20)6-8-18-17(22)24-11-12-4-2-1-3-5-12/h1-5,7,9-10,14,16,20-21H,6,8,11H2,(H,18,22). The first-order valence-electron chi connectivity index (χ1n) is 7.45. The Balaban J connectivity index is 1.71. The number of rotatable bonds is 8. The molecule has 0 radical (unpaired) electrons. The maximum atomic E-state index is 11.6. The zero-order valence-corrected chi connectivity index (χ0v) is 12.9. The second kappa shape index (κ2) is 8.85. The van der Waals surface area contributed by atoms with Gasteiger partial charge < -0.3 is 24.7 Å². The van der Waals surface area contributed by atoms with Crippen molar-refractivity contribution in [3.05, 3.63) is 59.5 Å². The van der Waals surface area contributed by atoms with Gasteiger partial charge in [-0.3, -0.25) is 4.79 Å². The summed E-state index contributed by atoms with van der Waals surface area (Å²) in [7, 11) is 0. The van der Waals surface area contributed by atoms with E-state index in [1.807, 2.05) is 30.3 Å². The van der Waals surface area contributed by atoms with E-state index in [0.717, 1.165) is 5.56 Å². The van der Waals surface area contributed by atoms with Gasteiger partial charge in [-0.25, -0.2) is 4.79 Å². The fraction of sp³-hybridized carbons (Fsp3) is 0.294. The third-order valence-electron chi connectivity index (χ3n) is 3.44. The second-order valence-electron chi connectivity index (χ2n) is 5.15. The molecular weight excluding hydrogens is 314 g/mol. The fourth-order valence-electron chi connectivity index (χ4n) is 2.13. The van der Waals surface area contributed by atoms with Gasteiger partial charge in [-0.2, -0.15) is 0 Å². The van der Waals surface area contributed by atoms with Gasteiger partial charge in [0.15, 0.2) is 12.0 Å². The quantitative estimate of drug-likeness (QED) is 0.636. The van der Waals surface area contributed by atoms with Crippen molar-refractivity contribution in [2.75, 3.05) is 6.54 Å². The zero-order chi connectivity index (χ0) is 17.4. The molecule has 1 amide bonds. The van der Waals surface area contributed by atoms with Crippen LogP contribution in [0, 0.1) is 0 Å². The van der Waals surface area contributed by atoms with E-state index in [1.165, 1.54) is 12.3 Å². The zero-order valence-electron chi connectivity index (χ0n) is 12.9. The number of hydrogen-bond acceptors (Lipinski definition) is 6. The van der Waals surface area contributed by atoms with Gasteiger partial charge in [0.05, 0.1) is 12.4 Å². The molecule has 2 atom stereocenters. The molecule has 0 saturated heterocycles. The Labute approximate surface area is 138 Å². The van der Waals surface area contributed by atoms with Crippen molar-refractivity contribution in [1.29, 1.82) is 0 Å². The third-order valence-corrected chi connectivity index (χ3v) is 3.44. The number of aldehydes is 1. The van der Waals surface area contributed by atoms with Crippen LogP contribution in [0.2, 0.25) is 0 Å². The number of furan rings is 1. The molecule has 3 N–H and O–H groups in total. The minimum absolute atomic E-state index is 0.0308. The van der Waals surface area contributed by atoms with Crippen LogP contribution in [0.5, 0.6) is 0 Å². The molecule has 24 heavy (non-hydrogen) atoms. The van der Waals surface area contributed by atoms with E-state index in [2.05, 4.69) is 5.32 Å². The molecule has 1 aromatic heterocycles. The van der Waals surface area contributed by atoms with E-state index < -0.39 is 18.3 Å². The van der Waals surface area contributed by atoms with E-state index in [4.69, 9.17) is 9.15 Å². The maximum absolute atomic E-state index is 11.6. The Kier molecular flexibility index (Phi) is 6.53. The SMILES string of the molecule is O=Cc1occc1C(O)C(O)CCNC(=O)OCc1ccccc1. The Bertz CT molecular complexity index is 654. The molecule has 128 valence electrons. The summed E-state index contributed by atoms with van der Waals surface area (Å²) in [6, 6.07) is 10.6. The van der Waals surface area contributed by atoms with Crippen molar-refractivity contribution in [2.24, 2.45) is 0 Å². The van der Waals surface area contributed by atoms with Gasteiger partial charge in [0.25, 0.3) is 0 Å². The number of hydrogen-bond donors (Lipinski definition) is 3. The molecule has 2 rings (SSSR count). The highest BCUT2D eigenvalue weighted by Crippen LogP contribution is 2.22. The summed E-state index contributed by atoms with van der Waals surface area (Å²) in [5.41, 5.74) is 1.08. The minimum atomic E-state index is -1.27. The summed E-state index contributed by atoms with van der Waals surface area (Å²) in [6.07, 6.45) is -1.23. The Morgan fingerprint density at radius 3 is 2.71 bits per heavy atom. The van der Waals surface area contributed by atoms with Gasteiger partial charge in [-0.1, -0.05) is 30.3 Å². The number of ether oxygens (including phenoxy) is 1. The summed E-state index contributed by atoms with van der Waals surface area (Å²) in [5, 5.41) is 22.4. The van der Waals surface area contributed by atoms with Crippen LogP contribution in [0.15, 0.2) is 47.1 Å². The Morgan fingerprint density at radius 1 is 1.25 bits per heavy atom. The molecular formula is C17H19NO6. The molecule has 0 aliphatic rings. The molecule has 7 nitrogen and oxygen atoms in total. The van der Waals surface area contributed by atoms with E-state index in [9.17, 15) is 19.8 Å². The van der Waals surface area contributed by atoms with Crippen LogP contribution in [-0.4, -0.2) is 35.2 Å². The molecule has 0 spiro atoms. The van der Waals surface area contributed by atoms with Crippen molar-refractivity contribution in [3.8, 4) is 0 Å². The number of aliphatic hydroxyl groups excluding tert-OH is 2. The number of amides is 1. The molecule has 7 heteroatoms. The molecule has 2 unspecified atom stereocenters. The summed E-state index contributed by atoms with van der Waals surface area (Å²) in [5.74, 6) is -0.0308. The molecule has 1 heterocycles. The summed E-state index contributed by atoms with van der Waals surface area (Å²) in [4.78, 5) is 22.3. The number of alkyl carbamates (subject to hydrolysis) is 1. The van der Waals surface area contributed by atoms with Gasteiger partial charge in [0, 0.05) is 12.1 Å². The van der Waals surface area contributed by atoms with Crippen molar-refractivity contribution in [2.45, 2.75) is 25.2 Å². The molecule has 0 fully saturated rings. The monoisotopic (exact) mass is 333 g/mol. The lowest BCUT2D eigenvalue weighted by Crippen LogP contribution is -2.29. The predicted molar refractivity (Wildman–Crippen MR) is 84.3 cm³/mol. The average molecular weight is 333 g/mol. The number of benzene rings is 1. The largest absolute Gasteiger partial charge is 0.461 e. The maximum Gasteiger partial charge on any atom is 0.407 e. The van der Waals surface area contributed by atoms with E-state index in [-0.39, 0.29) is 30.9 Å². The summed E-state index contributed by atoms with van der Waals surface area (Å²) in [6.45, 7) is 0.260. The van der Waals surface area contributed by atoms with Crippen molar-refractivity contribution < 1.29 is 29.0 Å². The van der Waals surface area contributed by atoms with Gasteiger partial charge >= 0.3 is 6.09 Å². The predicted octanol–water partition coefficient (Wildman–Crippen LogP) is 1.80. The van der Waals surface area contributed by atoms with Gasteiger partial charge in [0.1, 0.15) is 12.7 Å². The van der Waals surface area contributed by atoms with Crippen molar-refractivity contribution >= 4 is 12.4 Å². The highest BCUT2D eigenvalue weighted by Gasteiger charge is 2.22. The van der Waals surface area contributed by atoms with E-state index in [1.54, 1.807) is 0 Å². The first-order chi connectivity index (χ1) is 11.6. The second-order valence-corrected chi connectivity index (χ2v) is 5.15. The van der Waals surface area contributed by atoms with Crippen LogP contribution in [0.25, 0.3) is 0 Å². The van der Waals surface area contributed by atoms with Gasteiger partial charge in [-0.15, -0.1) is 0 Å². The summed E-state index contributed by atoms with van der Waals surface area (Å²) >= 11 is 0. The summed E-state index contributed by atoms with van der Waals surface area (Å²) < 4.78 is 9.90. The highest BCUT2D eigenvalue weighted by molar-refractivity contribution is 5.73. The topological polar surface area (TPSA) is 109 Å². The Hall–Kier alpha value is -2.64. The number of carbonyl (C=O) groups is 2. The van der Waals surface area contributed by atoms with E-state index >= 15 is 0 Å². The van der Waals surface area contributed by atoms with Crippen molar-refractivity contribution in [3.63, 3.8) is 0 Å². The Morgan fingerprint density at radius 2 is 2.00 bits per heavy atom. The smallest absolute Gasteiger partial charge is 0.407 e. The number of nitrogens with one attached hydrogen (secondary N) is 1. The molecule has 0 saturated carbocycles. The number of carbonyl (C=O) groups excluding carboxylic acids is 2. The highest BCUT2D eigenvalue weighted by atomic mass is 16.5. The lowest BCUT2D eigenvalue weighted by molar-refractivity contribution is 0.0129. The van der Waals surface area contributed by atoms with Crippen LogP contribution >= 0.6 is 0 Å². The molecule has 2 aromatic rings. The lowest BCUT2D eigenvalue weighted by atomic mass is 10.0. The van der Waals surface area contributed by atoms with Crippen molar-refractivity contribution in [1.82, 2.24) is 5.32 Å². The van der Waals surface area contributed by atoms with Crippen LogP contribution in [0.3, 0.4) is 0 Å². The molecule has 0 aliphatic heterocycles. The first kappa shape index (κ1) is 17.7. The number of aliphatic hydroxyl groups is 2. The van der Waals surface area contributed by atoms with Gasteiger partial charge in [0.2, 0.25) is 0 Å². The minimum Gasteiger partial charge on any atom is -0.461 e. The van der Waals surface area contributed by atoms with Crippen LogP contribution in [0.4, 0.5) is 4.79 Å². The molecule has 1 aromatic carbocycles. The van der Waals surface area contributed by atoms with Crippen LogP contribution < -0.4 is 5.32 Å². The van der Waals surface area contributed by atoms with Crippen LogP contribution in [0.1, 0.15) is 34.2 Å². The third kappa shape index (κ3) is 4.94. The lowest BCUT2D eigenvalue weighted by Gasteiger charge is -2.17. The average Bonchev–Trinajstić information content (AvgIpc) is 3.08. The first-order valence-corrected chi connectivity index (χ1v) is 7.45. The normalized spacial score (nSPS) is 13.1. The van der Waals surface area contributed by atoms with E-state index in [0.29, 0.717) is 6.29 Å². The molecule has 0 aliphatic carbocycles. The van der Waals surface area contributed by atoms with Gasteiger partial charge in [-0.05, 0) is 18.1 Å². The van der Waals surface area contributed by atoms with Crippen LogP contribution in [-0.2, 0) is 11.3 Å². The molecule has 0 bridgehead atoms.